The van der Waals surface area contributed by atoms with Crippen LogP contribution in [0.15, 0.2) is 135 Å². The summed E-state index contributed by atoms with van der Waals surface area (Å²) < 4.78 is 71.4. The maximum Gasteiger partial charge on any atom is 0.163 e. The van der Waals surface area contributed by atoms with Crippen molar-refractivity contribution in [3.05, 3.63) is 144 Å². The highest BCUT2D eigenvalue weighted by Gasteiger charge is 2.48. The van der Waals surface area contributed by atoms with Gasteiger partial charge in [0.05, 0.1) is 102 Å². The number of benzene rings is 4. The van der Waals surface area contributed by atoms with Crippen LogP contribution in [0.1, 0.15) is 165 Å². The highest BCUT2D eigenvalue weighted by Crippen LogP contribution is 2.53. The Morgan fingerprint density at radius 1 is 0.400 bits per heavy atom. The lowest BCUT2D eigenvalue weighted by molar-refractivity contribution is 0.0357. The van der Waals surface area contributed by atoms with Gasteiger partial charge in [0, 0.05) is 151 Å². The van der Waals surface area contributed by atoms with E-state index in [0.29, 0.717) is 61.4 Å². The number of aryl methyl sites for hydroxylation is 4. The largest absolute Gasteiger partial charge is 0.493 e. The van der Waals surface area contributed by atoms with Crippen LogP contribution in [-0.2, 0) is 17.6 Å². The van der Waals surface area contributed by atoms with Crippen molar-refractivity contribution in [2.75, 3.05) is 235 Å². The molecule has 15 heterocycles. The molecule has 7 saturated heterocycles. The van der Waals surface area contributed by atoms with Crippen LogP contribution in [0.25, 0.3) is 89.4 Å². The number of pyridine rings is 4. The Morgan fingerprint density at radius 2 is 0.786 bits per heavy atom. The van der Waals surface area contributed by atoms with Crippen molar-refractivity contribution in [3.63, 3.8) is 0 Å². The number of morpholine rings is 1. The van der Waals surface area contributed by atoms with Crippen LogP contribution >= 0.6 is 0 Å². The average molecular weight is 1980 g/mol. The van der Waals surface area contributed by atoms with Crippen LogP contribution in [-0.4, -0.2) is 293 Å². The number of hydrogen-bond donors (Lipinski definition) is 7. The van der Waals surface area contributed by atoms with Crippen LogP contribution in [0.5, 0.6) is 46.0 Å². The number of likely N-dealkylation sites (tertiary alicyclic amines) is 4. The Bertz CT molecular complexity index is 6180. The third-order valence-electron chi connectivity index (χ3n) is 31.3. The van der Waals surface area contributed by atoms with Crippen molar-refractivity contribution >= 4 is 66.4 Å². The van der Waals surface area contributed by atoms with E-state index in [4.69, 9.17) is 75.8 Å². The summed E-state index contributed by atoms with van der Waals surface area (Å²) in [7, 11) is 15.3. The Morgan fingerprint density at radius 3 is 1.17 bits per heavy atom. The first kappa shape index (κ1) is 104. The average Bonchev–Trinajstić information content (AvgIpc) is 0.823. The lowest BCUT2D eigenvalue weighted by atomic mass is 9.59. The fourth-order valence-electron chi connectivity index (χ4n) is 22.5. The molecule has 9 aliphatic rings. The zero-order chi connectivity index (χ0) is 100. The number of fused-ring (bicyclic) bond motifs is 4. The molecule has 21 rings (SSSR count). The number of anilines is 4. The van der Waals surface area contributed by atoms with Gasteiger partial charge in [0.2, 0.25) is 0 Å². The predicted molar refractivity (Wildman–Crippen MR) is 583 cm³/mol. The fourth-order valence-corrected chi connectivity index (χ4v) is 22.5. The van der Waals surface area contributed by atoms with Crippen molar-refractivity contribution in [3.8, 4) is 91.7 Å². The van der Waals surface area contributed by atoms with Crippen molar-refractivity contribution < 1.29 is 55.9 Å². The summed E-state index contributed by atoms with van der Waals surface area (Å²) in [6, 6.07) is 43.0. The highest BCUT2D eigenvalue weighted by atomic mass is 16.5. The molecule has 1 unspecified atom stereocenters. The van der Waals surface area contributed by atoms with E-state index in [0.717, 1.165) is 350 Å². The number of H-pyrrole nitrogens is 1. The number of hydrogen-bond acceptors (Lipinski definition) is 28. The van der Waals surface area contributed by atoms with Gasteiger partial charge in [0.1, 0.15) is 34.4 Å². The zero-order valence-electron chi connectivity index (χ0n) is 88.3. The second-order valence-corrected chi connectivity index (χ2v) is 42.0. The SMILES string of the molecule is CCc1ccc(-c2cc(NC3CCN(C)CC3)c3cc(OC)c(OCCCN(C)C)cc3n2)o1.CCc1ccc(-c2cc(NC3CCN(C)CC3)c3cc(OC)c(OCCCN4CCOCC4)cc3n2)o1.COc1cc2c(NC3CC4(CCNCC4)C3)cc(-c3ccc(C)[nH]3)nc2cc1OCCCN1CCCC1.COc1cc2c(NC3CCC34CCNCC4)cc(-c3ccc(C)o3)nc2cc1OCCCN1CCCC1. The number of piperidine rings is 4. The summed E-state index contributed by atoms with van der Waals surface area (Å²) in [6.45, 7) is 32.4. The third kappa shape index (κ3) is 26.5. The predicted octanol–water partition coefficient (Wildman–Crippen LogP) is 20.6. The molecule has 145 heavy (non-hydrogen) atoms. The van der Waals surface area contributed by atoms with Gasteiger partial charge in [-0.2, -0.15) is 0 Å². The summed E-state index contributed by atoms with van der Waals surface area (Å²) in [6.07, 6.45) is 25.4. The topological polar surface area (TPSA) is 281 Å². The lowest BCUT2D eigenvalue weighted by Crippen LogP contribution is -2.54. The molecule has 2 aliphatic carbocycles. The monoisotopic (exact) mass is 1980 g/mol. The van der Waals surface area contributed by atoms with E-state index in [1.54, 1.807) is 28.4 Å². The van der Waals surface area contributed by atoms with Crippen molar-refractivity contribution in [2.24, 2.45) is 10.8 Å². The highest BCUT2D eigenvalue weighted by molar-refractivity contribution is 5.99. The number of ether oxygens (including phenoxy) is 9. The summed E-state index contributed by atoms with van der Waals surface area (Å²) in [5, 5.41) is 26.7. The number of rotatable bonds is 38. The molecule has 2 spiro atoms. The maximum atomic E-state index is 6.25. The van der Waals surface area contributed by atoms with Gasteiger partial charge in [0.25, 0.3) is 0 Å². The van der Waals surface area contributed by atoms with Crippen LogP contribution in [0.4, 0.5) is 22.7 Å². The van der Waals surface area contributed by atoms with E-state index >= 15 is 0 Å². The molecule has 7 N–H and O–H groups in total. The van der Waals surface area contributed by atoms with E-state index in [9.17, 15) is 0 Å². The molecule has 8 aromatic heterocycles. The van der Waals surface area contributed by atoms with Gasteiger partial charge in [-0.15, -0.1) is 0 Å². The molecule has 4 aromatic carbocycles. The normalized spacial score (nSPS) is 18.6. The standard InChI is InChI=1S/C30H41N5O2.C30H40N4O3.C29H40N4O4.C27H38N4O3/c1-21-6-7-24(32-21)27-17-25(33-22-19-30(20-22)8-10-31-11-9-30)23-16-28(36-2)29(18-26(23)34-27)37-15-5-14-35-12-3-4-13-35;1-21-6-7-26(37-21)25-19-23(33-29-8-9-30(29)10-12-31-13-11-30)22-18-27(35-2)28(20-24(22)32-25)36-17-5-16-34-14-3-4-15-34;1-4-22-6-7-27(37-22)26-19-24(30-21-8-11-32(2)12-9-21)23-18-28(34-3)29(20-25(23)31-26)36-15-5-10-33-13-16-35-17-14-33;1-6-20-8-9-25(34-20)24-17-22(28-19-10-13-31(4)14-11-19)21-16-26(32-5)27(18-23(21)29-24)33-15-7-12-30(2)3/h6-7,16-18,22,31-32H,3-5,8-15,19-20H2,1-2H3,(H,33,34);6-7,18-20,29,31H,3-5,8-17H2,1-2H3,(H,32,33);6-7,18-21H,4-5,8-17H2,1-3H3,(H,30,31);8-9,16-19H,6-7,10-15H2,1-5H3,(H,28,29). The van der Waals surface area contributed by atoms with Crippen LogP contribution in [0, 0.1) is 24.7 Å². The van der Waals surface area contributed by atoms with Crippen LogP contribution in [0.3, 0.4) is 0 Å². The molecule has 7 aliphatic heterocycles. The Kier molecular flexibility index (Phi) is 35.5. The van der Waals surface area contributed by atoms with Gasteiger partial charge < -0.3 is 117 Å². The van der Waals surface area contributed by atoms with Gasteiger partial charge in [-0.1, -0.05) is 13.8 Å². The number of nitrogens with zero attached hydrogens (tertiary/aromatic N) is 10. The first-order valence-electron chi connectivity index (χ1n) is 54.1. The lowest BCUT2D eigenvalue weighted by Gasteiger charge is -2.53. The van der Waals surface area contributed by atoms with Gasteiger partial charge in [-0.05, 0) is 357 Å². The van der Waals surface area contributed by atoms with Crippen molar-refractivity contribution in [1.29, 1.82) is 0 Å². The quantitative estimate of drug-likeness (QED) is 0.0177. The molecule has 2 saturated carbocycles. The number of aromatic nitrogens is 5. The van der Waals surface area contributed by atoms with Gasteiger partial charge in [-0.25, -0.2) is 19.9 Å². The Labute approximate surface area is 857 Å². The second-order valence-electron chi connectivity index (χ2n) is 42.0. The molecule has 0 radical (unpaired) electrons. The van der Waals surface area contributed by atoms with Crippen LogP contribution < -0.4 is 69.8 Å². The number of methoxy groups -OCH3 is 4. The Balaban J connectivity index is 0.000000127. The summed E-state index contributed by atoms with van der Waals surface area (Å²) in [5.41, 5.74) is 14.4. The van der Waals surface area contributed by atoms with E-state index < -0.39 is 0 Å². The van der Waals surface area contributed by atoms with E-state index in [-0.39, 0.29) is 0 Å². The number of aromatic amines is 1. The number of nitrogens with one attached hydrogen (secondary N) is 7. The Hall–Kier alpha value is -11.1. The van der Waals surface area contributed by atoms with Gasteiger partial charge in [-0.3, -0.25) is 4.90 Å². The maximum absolute atomic E-state index is 6.25. The van der Waals surface area contributed by atoms with E-state index in [1.807, 2.05) is 67.6 Å². The first-order valence-corrected chi connectivity index (χ1v) is 54.1. The third-order valence-corrected chi connectivity index (χ3v) is 31.3. The van der Waals surface area contributed by atoms with Crippen molar-refractivity contribution in [1.82, 2.24) is 65.0 Å². The van der Waals surface area contributed by atoms with Crippen molar-refractivity contribution in [2.45, 2.75) is 193 Å². The minimum absolute atomic E-state index is 0.394. The number of furan rings is 3. The van der Waals surface area contributed by atoms with Gasteiger partial charge >= 0.3 is 0 Å². The summed E-state index contributed by atoms with van der Waals surface area (Å²) >= 11 is 0. The van der Waals surface area contributed by atoms with Gasteiger partial charge in [0.15, 0.2) is 63.3 Å². The molecular weight excluding hydrogens is 1820 g/mol. The first-order chi connectivity index (χ1) is 70.8. The molecule has 0 amide bonds. The minimum atomic E-state index is 0.394. The molecule has 29 heteroatoms. The van der Waals surface area contributed by atoms with E-state index in [1.165, 1.54) is 103 Å². The zero-order valence-corrected chi connectivity index (χ0v) is 88.3. The molecule has 780 valence electrons. The van der Waals surface area contributed by atoms with E-state index in [2.05, 4.69) is 176 Å². The smallest absolute Gasteiger partial charge is 0.163 e. The van der Waals surface area contributed by atoms with Crippen LogP contribution in [0.2, 0.25) is 0 Å². The summed E-state index contributed by atoms with van der Waals surface area (Å²) in [4.78, 5) is 37.9. The molecular formula is C116H159N17O12. The molecule has 9 fully saturated rings. The molecule has 0 bridgehead atoms. The summed E-state index contributed by atoms with van der Waals surface area (Å²) in [5.74, 6) is 11.1. The fraction of sp³-hybridized carbons (Fsp3) is 0.552. The molecule has 29 nitrogen and oxygen atoms in total. The minimum Gasteiger partial charge on any atom is -0.493 e. The molecule has 1 atom stereocenters. The second kappa shape index (κ2) is 49.6. The molecule has 12 aromatic rings.